The van der Waals surface area contributed by atoms with Gasteiger partial charge in [0.05, 0.1) is 10.7 Å². The summed E-state index contributed by atoms with van der Waals surface area (Å²) in [5, 5.41) is 3.61. The van der Waals surface area contributed by atoms with Crippen molar-refractivity contribution in [2.45, 2.75) is 57.9 Å². The number of para-hydroxylation sites is 1. The SMILES string of the molecule is Cc1cccc(Cl)c1NC(=O)CCN1CCC[C@H]2CCCC[C@@H]21. The zero-order chi connectivity index (χ0) is 16.2. The summed E-state index contributed by atoms with van der Waals surface area (Å²) in [5.41, 5.74) is 1.77. The Labute approximate surface area is 144 Å². The van der Waals surface area contributed by atoms with Gasteiger partial charge in [0.25, 0.3) is 0 Å². The number of hydrogen-bond acceptors (Lipinski definition) is 2. The molecule has 2 aliphatic rings. The van der Waals surface area contributed by atoms with Crippen molar-refractivity contribution in [3.05, 3.63) is 28.8 Å². The first-order valence-electron chi connectivity index (χ1n) is 8.94. The number of halogens is 1. The molecule has 4 heteroatoms. The highest BCUT2D eigenvalue weighted by atomic mass is 35.5. The summed E-state index contributed by atoms with van der Waals surface area (Å²) in [6, 6.07) is 6.41. The van der Waals surface area contributed by atoms with E-state index < -0.39 is 0 Å². The number of carbonyl (C=O) groups excluding carboxylic acids is 1. The molecule has 0 unspecified atom stereocenters. The van der Waals surface area contributed by atoms with Crippen molar-refractivity contribution in [1.29, 1.82) is 0 Å². The Morgan fingerprint density at radius 3 is 2.87 bits per heavy atom. The van der Waals surface area contributed by atoms with Crippen molar-refractivity contribution in [2.75, 3.05) is 18.4 Å². The standard InChI is InChI=1S/C19H27ClN2O/c1-14-6-4-9-16(20)19(14)21-18(23)11-13-22-12-5-8-15-7-2-3-10-17(15)22/h4,6,9,15,17H,2-3,5,7-8,10-13H2,1H3,(H,21,23)/t15-,17+/m1/s1. The zero-order valence-corrected chi connectivity index (χ0v) is 14.7. The summed E-state index contributed by atoms with van der Waals surface area (Å²) >= 11 is 6.19. The molecule has 1 amide bonds. The maximum absolute atomic E-state index is 12.3. The summed E-state index contributed by atoms with van der Waals surface area (Å²) in [5.74, 6) is 0.936. The molecular formula is C19H27ClN2O. The molecule has 1 saturated carbocycles. The number of nitrogens with one attached hydrogen (secondary N) is 1. The van der Waals surface area contributed by atoms with E-state index in [2.05, 4.69) is 10.2 Å². The fraction of sp³-hybridized carbons (Fsp3) is 0.632. The second kappa shape index (κ2) is 7.67. The fourth-order valence-corrected chi connectivity index (χ4v) is 4.51. The lowest BCUT2D eigenvalue weighted by molar-refractivity contribution is -0.116. The molecule has 1 aliphatic heterocycles. The van der Waals surface area contributed by atoms with Crippen molar-refractivity contribution in [1.82, 2.24) is 4.90 Å². The molecule has 23 heavy (non-hydrogen) atoms. The van der Waals surface area contributed by atoms with Gasteiger partial charge in [-0.25, -0.2) is 0 Å². The van der Waals surface area contributed by atoms with Crippen molar-refractivity contribution in [2.24, 2.45) is 5.92 Å². The van der Waals surface area contributed by atoms with Crippen LogP contribution in [0.4, 0.5) is 5.69 Å². The molecule has 0 aromatic heterocycles. The predicted octanol–water partition coefficient (Wildman–Crippen LogP) is 4.63. The van der Waals surface area contributed by atoms with E-state index in [4.69, 9.17) is 11.6 Å². The first kappa shape index (κ1) is 16.8. The second-order valence-electron chi connectivity index (χ2n) is 7.02. The molecule has 1 saturated heterocycles. The molecule has 2 fully saturated rings. The van der Waals surface area contributed by atoms with E-state index in [1.54, 1.807) is 0 Å². The third-order valence-corrected chi connectivity index (χ3v) is 5.79. The number of aryl methyl sites for hydroxylation is 1. The fourth-order valence-electron chi connectivity index (χ4n) is 4.24. The average molecular weight is 335 g/mol. The largest absolute Gasteiger partial charge is 0.325 e. The van der Waals surface area contributed by atoms with E-state index in [-0.39, 0.29) is 5.91 Å². The number of benzene rings is 1. The van der Waals surface area contributed by atoms with Crippen LogP contribution in [-0.2, 0) is 4.79 Å². The van der Waals surface area contributed by atoms with E-state index in [0.717, 1.165) is 30.3 Å². The Bertz CT molecular complexity index is 538. The number of anilines is 1. The van der Waals surface area contributed by atoms with Crippen LogP contribution >= 0.6 is 11.6 Å². The maximum Gasteiger partial charge on any atom is 0.225 e. The van der Waals surface area contributed by atoms with Crippen LogP contribution in [0.25, 0.3) is 0 Å². The van der Waals surface area contributed by atoms with Crippen molar-refractivity contribution >= 4 is 23.2 Å². The summed E-state index contributed by atoms with van der Waals surface area (Å²) < 4.78 is 0. The Balaban J connectivity index is 1.54. The molecule has 1 heterocycles. The highest BCUT2D eigenvalue weighted by Gasteiger charge is 2.32. The minimum Gasteiger partial charge on any atom is -0.325 e. The van der Waals surface area contributed by atoms with E-state index in [1.807, 2.05) is 25.1 Å². The molecular weight excluding hydrogens is 308 g/mol. The van der Waals surface area contributed by atoms with Crippen LogP contribution in [-0.4, -0.2) is 29.9 Å². The number of rotatable bonds is 4. The Morgan fingerprint density at radius 2 is 2.04 bits per heavy atom. The zero-order valence-electron chi connectivity index (χ0n) is 14.0. The van der Waals surface area contributed by atoms with Gasteiger partial charge in [0, 0.05) is 19.0 Å². The molecule has 3 rings (SSSR count). The predicted molar refractivity (Wildman–Crippen MR) is 96.0 cm³/mol. The minimum atomic E-state index is 0.0686. The van der Waals surface area contributed by atoms with Gasteiger partial charge in [-0.3, -0.25) is 9.69 Å². The normalized spacial score (nSPS) is 25.0. The number of likely N-dealkylation sites (tertiary alicyclic amines) is 1. The lowest BCUT2D eigenvalue weighted by Gasteiger charge is -2.44. The van der Waals surface area contributed by atoms with E-state index in [0.29, 0.717) is 17.5 Å². The van der Waals surface area contributed by atoms with E-state index in [9.17, 15) is 4.79 Å². The number of fused-ring (bicyclic) bond motifs is 1. The van der Waals surface area contributed by atoms with Gasteiger partial charge >= 0.3 is 0 Å². The molecule has 126 valence electrons. The maximum atomic E-state index is 12.3. The Morgan fingerprint density at radius 1 is 1.26 bits per heavy atom. The molecule has 3 nitrogen and oxygen atoms in total. The monoisotopic (exact) mass is 334 g/mol. The van der Waals surface area contributed by atoms with Gasteiger partial charge in [-0.15, -0.1) is 0 Å². The summed E-state index contributed by atoms with van der Waals surface area (Å²) in [4.78, 5) is 14.9. The van der Waals surface area contributed by atoms with Gasteiger partial charge < -0.3 is 5.32 Å². The van der Waals surface area contributed by atoms with E-state index >= 15 is 0 Å². The van der Waals surface area contributed by atoms with Gasteiger partial charge in [0.2, 0.25) is 5.91 Å². The summed E-state index contributed by atoms with van der Waals surface area (Å²) in [6.07, 6.45) is 8.65. The summed E-state index contributed by atoms with van der Waals surface area (Å²) in [6.45, 7) is 3.99. The first-order chi connectivity index (χ1) is 11.1. The van der Waals surface area contributed by atoms with Crippen molar-refractivity contribution in [3.63, 3.8) is 0 Å². The molecule has 2 atom stereocenters. The first-order valence-corrected chi connectivity index (χ1v) is 9.32. The van der Waals surface area contributed by atoms with Crippen molar-refractivity contribution in [3.8, 4) is 0 Å². The number of carbonyl (C=O) groups is 1. The van der Waals surface area contributed by atoms with Crippen LogP contribution in [0.5, 0.6) is 0 Å². The number of nitrogens with zero attached hydrogens (tertiary/aromatic N) is 1. The third-order valence-electron chi connectivity index (χ3n) is 5.47. The molecule has 1 aromatic rings. The number of amides is 1. The van der Waals surface area contributed by atoms with Crippen LogP contribution in [0.15, 0.2) is 18.2 Å². The lowest BCUT2D eigenvalue weighted by Crippen LogP contribution is -2.47. The lowest BCUT2D eigenvalue weighted by atomic mass is 9.78. The Kier molecular flexibility index (Phi) is 5.60. The molecule has 1 aliphatic carbocycles. The summed E-state index contributed by atoms with van der Waals surface area (Å²) in [7, 11) is 0. The molecule has 0 radical (unpaired) electrons. The van der Waals surface area contributed by atoms with Crippen LogP contribution in [0, 0.1) is 12.8 Å². The number of piperidine rings is 1. The van der Waals surface area contributed by atoms with Crippen LogP contribution in [0.1, 0.15) is 50.5 Å². The quantitative estimate of drug-likeness (QED) is 0.870. The van der Waals surface area contributed by atoms with Gasteiger partial charge in [0.1, 0.15) is 0 Å². The average Bonchev–Trinajstić information content (AvgIpc) is 2.56. The van der Waals surface area contributed by atoms with Gasteiger partial charge in [-0.2, -0.15) is 0 Å². The van der Waals surface area contributed by atoms with Crippen LogP contribution in [0.2, 0.25) is 5.02 Å². The topological polar surface area (TPSA) is 32.3 Å². The highest BCUT2D eigenvalue weighted by molar-refractivity contribution is 6.33. The second-order valence-corrected chi connectivity index (χ2v) is 7.43. The highest BCUT2D eigenvalue weighted by Crippen LogP contribution is 2.35. The molecule has 0 spiro atoms. The third kappa shape index (κ3) is 4.07. The van der Waals surface area contributed by atoms with E-state index in [1.165, 1.54) is 38.5 Å². The number of hydrogen-bond donors (Lipinski definition) is 1. The van der Waals surface area contributed by atoms with Crippen LogP contribution < -0.4 is 5.32 Å². The van der Waals surface area contributed by atoms with Gasteiger partial charge in [-0.1, -0.05) is 36.6 Å². The minimum absolute atomic E-state index is 0.0686. The molecule has 1 N–H and O–H groups in total. The van der Waals surface area contributed by atoms with Crippen molar-refractivity contribution < 1.29 is 4.79 Å². The van der Waals surface area contributed by atoms with Gasteiger partial charge in [0.15, 0.2) is 0 Å². The van der Waals surface area contributed by atoms with Crippen LogP contribution in [0.3, 0.4) is 0 Å². The molecule has 0 bridgehead atoms. The van der Waals surface area contributed by atoms with Gasteiger partial charge in [-0.05, 0) is 56.7 Å². The Hall–Kier alpha value is -1.06. The molecule has 1 aromatic carbocycles. The smallest absolute Gasteiger partial charge is 0.225 e.